The molecular weight excluding hydrogens is 224 g/mol. The van der Waals surface area contributed by atoms with Gasteiger partial charge in [0.15, 0.2) is 0 Å². The number of carbonyl (C=O) groups excluding carboxylic acids is 1. The molecule has 1 aliphatic carbocycles. The summed E-state index contributed by atoms with van der Waals surface area (Å²) in [5, 5.41) is 6.67. The zero-order chi connectivity index (χ0) is 13.0. The zero-order valence-electron chi connectivity index (χ0n) is 11.9. The second-order valence-electron chi connectivity index (χ2n) is 6.77. The summed E-state index contributed by atoms with van der Waals surface area (Å²) >= 11 is 0. The molecule has 1 saturated heterocycles. The summed E-state index contributed by atoms with van der Waals surface area (Å²) in [5.74, 6) is 0.814. The predicted octanol–water partition coefficient (Wildman–Crippen LogP) is 2.46. The molecule has 3 nitrogen and oxygen atoms in total. The fourth-order valence-electron chi connectivity index (χ4n) is 3.38. The Labute approximate surface area is 111 Å². The zero-order valence-corrected chi connectivity index (χ0v) is 11.9. The van der Waals surface area contributed by atoms with Gasteiger partial charge in [0.25, 0.3) is 0 Å². The van der Waals surface area contributed by atoms with E-state index in [4.69, 9.17) is 0 Å². The number of amides is 1. The first-order valence-corrected chi connectivity index (χ1v) is 7.58. The van der Waals surface area contributed by atoms with Crippen molar-refractivity contribution in [2.24, 2.45) is 11.3 Å². The van der Waals surface area contributed by atoms with Crippen molar-refractivity contribution in [1.29, 1.82) is 0 Å². The van der Waals surface area contributed by atoms with Gasteiger partial charge in [0.1, 0.15) is 0 Å². The molecule has 104 valence electrons. The summed E-state index contributed by atoms with van der Waals surface area (Å²) in [4.78, 5) is 12.1. The highest BCUT2D eigenvalue weighted by Gasteiger charge is 2.33. The Morgan fingerprint density at radius 1 is 1.28 bits per heavy atom. The molecule has 0 bridgehead atoms. The maximum absolute atomic E-state index is 12.1. The first-order chi connectivity index (χ1) is 8.58. The molecule has 0 spiro atoms. The van der Waals surface area contributed by atoms with E-state index in [1.807, 2.05) is 0 Å². The molecule has 2 fully saturated rings. The molecule has 2 unspecified atom stereocenters. The van der Waals surface area contributed by atoms with E-state index in [9.17, 15) is 4.79 Å². The smallest absolute Gasteiger partial charge is 0.220 e. The summed E-state index contributed by atoms with van der Waals surface area (Å²) in [5.41, 5.74) is 0.277. The minimum absolute atomic E-state index is 0.267. The van der Waals surface area contributed by atoms with Gasteiger partial charge >= 0.3 is 0 Å². The Hall–Kier alpha value is -0.570. The van der Waals surface area contributed by atoms with Crippen LogP contribution in [-0.2, 0) is 4.79 Å². The quantitative estimate of drug-likeness (QED) is 0.810. The molecule has 3 heteroatoms. The van der Waals surface area contributed by atoms with Crippen molar-refractivity contribution in [2.75, 3.05) is 13.1 Å². The SMILES string of the molecule is CC1(C)CCCCC1NC(=O)CC1CCCNC1. The summed E-state index contributed by atoms with van der Waals surface area (Å²) in [7, 11) is 0. The lowest BCUT2D eigenvalue weighted by Gasteiger charge is -2.39. The van der Waals surface area contributed by atoms with E-state index in [1.54, 1.807) is 0 Å². The van der Waals surface area contributed by atoms with Crippen molar-refractivity contribution >= 4 is 5.91 Å². The molecule has 18 heavy (non-hydrogen) atoms. The number of carbonyl (C=O) groups is 1. The normalized spacial score (nSPS) is 31.9. The van der Waals surface area contributed by atoms with Gasteiger partial charge in [0.05, 0.1) is 0 Å². The van der Waals surface area contributed by atoms with Crippen LogP contribution in [0.4, 0.5) is 0 Å². The average Bonchev–Trinajstić information content (AvgIpc) is 2.33. The number of hydrogen-bond donors (Lipinski definition) is 2. The average molecular weight is 252 g/mol. The molecule has 0 aromatic heterocycles. The van der Waals surface area contributed by atoms with Crippen LogP contribution in [0.3, 0.4) is 0 Å². The third-order valence-electron chi connectivity index (χ3n) is 4.72. The second kappa shape index (κ2) is 6.05. The highest BCUT2D eigenvalue weighted by atomic mass is 16.1. The van der Waals surface area contributed by atoms with Gasteiger partial charge < -0.3 is 10.6 Å². The third kappa shape index (κ3) is 3.71. The molecule has 0 radical (unpaired) electrons. The van der Waals surface area contributed by atoms with Crippen molar-refractivity contribution in [3.63, 3.8) is 0 Å². The minimum atomic E-state index is 0.267. The first-order valence-electron chi connectivity index (χ1n) is 7.58. The van der Waals surface area contributed by atoms with Crippen LogP contribution in [0.25, 0.3) is 0 Å². The van der Waals surface area contributed by atoms with Gasteiger partial charge in [-0.25, -0.2) is 0 Å². The molecule has 2 N–H and O–H groups in total. The van der Waals surface area contributed by atoms with Crippen LogP contribution in [0, 0.1) is 11.3 Å². The van der Waals surface area contributed by atoms with Crippen LogP contribution >= 0.6 is 0 Å². The van der Waals surface area contributed by atoms with E-state index in [2.05, 4.69) is 24.5 Å². The largest absolute Gasteiger partial charge is 0.353 e. The van der Waals surface area contributed by atoms with E-state index in [-0.39, 0.29) is 11.3 Å². The van der Waals surface area contributed by atoms with Gasteiger partial charge in [-0.2, -0.15) is 0 Å². The number of rotatable bonds is 3. The monoisotopic (exact) mass is 252 g/mol. The van der Waals surface area contributed by atoms with Crippen LogP contribution in [0.15, 0.2) is 0 Å². The van der Waals surface area contributed by atoms with Crippen LogP contribution in [-0.4, -0.2) is 25.0 Å². The Morgan fingerprint density at radius 2 is 2.11 bits per heavy atom. The Bertz CT molecular complexity index is 282. The lowest BCUT2D eigenvalue weighted by atomic mass is 9.73. The van der Waals surface area contributed by atoms with Gasteiger partial charge in [-0.15, -0.1) is 0 Å². The van der Waals surface area contributed by atoms with Crippen molar-refractivity contribution in [1.82, 2.24) is 10.6 Å². The molecule has 2 aliphatic rings. The van der Waals surface area contributed by atoms with Gasteiger partial charge in [0.2, 0.25) is 5.91 Å². The van der Waals surface area contributed by atoms with Crippen molar-refractivity contribution in [3.8, 4) is 0 Å². The number of piperidine rings is 1. The van der Waals surface area contributed by atoms with Crippen LogP contribution in [0.5, 0.6) is 0 Å². The predicted molar refractivity (Wildman–Crippen MR) is 74.4 cm³/mol. The van der Waals surface area contributed by atoms with E-state index < -0.39 is 0 Å². The maximum Gasteiger partial charge on any atom is 0.220 e. The Morgan fingerprint density at radius 3 is 2.78 bits per heavy atom. The maximum atomic E-state index is 12.1. The number of hydrogen-bond acceptors (Lipinski definition) is 2. The lowest BCUT2D eigenvalue weighted by molar-refractivity contribution is -0.124. The molecule has 1 aliphatic heterocycles. The van der Waals surface area contributed by atoms with E-state index >= 15 is 0 Å². The Balaban J connectivity index is 1.79. The topological polar surface area (TPSA) is 41.1 Å². The molecule has 1 heterocycles. The number of nitrogens with one attached hydrogen (secondary N) is 2. The van der Waals surface area contributed by atoms with Crippen LogP contribution in [0.2, 0.25) is 0 Å². The highest BCUT2D eigenvalue weighted by molar-refractivity contribution is 5.76. The fourth-order valence-corrected chi connectivity index (χ4v) is 3.38. The van der Waals surface area contributed by atoms with Gasteiger partial charge in [-0.1, -0.05) is 26.7 Å². The molecular formula is C15H28N2O. The first kappa shape index (κ1) is 13.9. The summed E-state index contributed by atoms with van der Waals surface area (Å²) in [6.45, 7) is 6.72. The van der Waals surface area contributed by atoms with E-state index in [0.29, 0.717) is 18.4 Å². The van der Waals surface area contributed by atoms with E-state index in [1.165, 1.54) is 32.1 Å². The molecule has 0 aromatic carbocycles. The molecule has 1 saturated carbocycles. The summed E-state index contributed by atoms with van der Waals surface area (Å²) in [6.07, 6.45) is 8.09. The van der Waals surface area contributed by atoms with Gasteiger partial charge in [-0.05, 0) is 50.1 Å². The van der Waals surface area contributed by atoms with Crippen molar-refractivity contribution in [3.05, 3.63) is 0 Å². The Kier molecular flexibility index (Phi) is 4.66. The summed E-state index contributed by atoms with van der Waals surface area (Å²) in [6, 6.07) is 0.385. The molecule has 1 amide bonds. The molecule has 2 atom stereocenters. The van der Waals surface area contributed by atoms with Crippen LogP contribution < -0.4 is 10.6 Å². The molecule has 0 aromatic rings. The van der Waals surface area contributed by atoms with Gasteiger partial charge in [0, 0.05) is 12.5 Å². The highest BCUT2D eigenvalue weighted by Crippen LogP contribution is 2.35. The lowest BCUT2D eigenvalue weighted by Crippen LogP contribution is -2.47. The van der Waals surface area contributed by atoms with E-state index in [0.717, 1.165) is 19.5 Å². The van der Waals surface area contributed by atoms with Crippen molar-refractivity contribution < 1.29 is 4.79 Å². The summed E-state index contributed by atoms with van der Waals surface area (Å²) < 4.78 is 0. The van der Waals surface area contributed by atoms with Crippen molar-refractivity contribution in [2.45, 2.75) is 64.8 Å². The van der Waals surface area contributed by atoms with Crippen LogP contribution in [0.1, 0.15) is 58.8 Å². The standard InChI is InChI=1S/C15H28N2O/c1-15(2)8-4-3-7-13(15)17-14(18)10-12-6-5-9-16-11-12/h12-13,16H,3-11H2,1-2H3,(H,17,18). The molecule has 2 rings (SSSR count). The fraction of sp³-hybridized carbons (Fsp3) is 0.933. The third-order valence-corrected chi connectivity index (χ3v) is 4.72. The second-order valence-corrected chi connectivity index (χ2v) is 6.77. The minimum Gasteiger partial charge on any atom is -0.353 e. The van der Waals surface area contributed by atoms with Gasteiger partial charge in [-0.3, -0.25) is 4.79 Å².